The van der Waals surface area contributed by atoms with E-state index in [0.29, 0.717) is 6.42 Å². The van der Waals surface area contributed by atoms with Crippen molar-refractivity contribution in [3.63, 3.8) is 0 Å². The van der Waals surface area contributed by atoms with Crippen LogP contribution in [0.2, 0.25) is 0 Å². The van der Waals surface area contributed by atoms with Gasteiger partial charge in [-0.2, -0.15) is 0 Å². The lowest BCUT2D eigenvalue weighted by Crippen LogP contribution is -1.97. The van der Waals surface area contributed by atoms with E-state index >= 15 is 0 Å². The zero-order valence-electron chi connectivity index (χ0n) is 12.5. The Morgan fingerprint density at radius 2 is 1.71 bits per heavy atom. The molecule has 2 rings (SSSR count). The fraction of sp³-hybridized carbons (Fsp3) is 0.211. The maximum absolute atomic E-state index is 10.6. The molecule has 0 unspecified atom stereocenters. The highest BCUT2D eigenvalue weighted by Crippen LogP contribution is 2.17. The predicted octanol–water partition coefficient (Wildman–Crippen LogP) is 4.49. The van der Waals surface area contributed by atoms with E-state index in [4.69, 9.17) is 5.11 Å². The summed E-state index contributed by atoms with van der Waals surface area (Å²) in [4.78, 5) is 10.6. The molecule has 0 saturated heterocycles. The summed E-state index contributed by atoms with van der Waals surface area (Å²) >= 11 is 0. The summed E-state index contributed by atoms with van der Waals surface area (Å²) in [5.74, 6) is -0.758. The van der Waals surface area contributed by atoms with Crippen LogP contribution in [-0.4, -0.2) is 11.1 Å². The van der Waals surface area contributed by atoms with Gasteiger partial charge in [0.2, 0.25) is 0 Å². The van der Waals surface area contributed by atoms with Crippen molar-refractivity contribution < 1.29 is 9.90 Å². The number of carboxylic acid groups (broad SMARTS) is 1. The smallest absolute Gasteiger partial charge is 0.303 e. The van der Waals surface area contributed by atoms with Crippen molar-refractivity contribution in [2.24, 2.45) is 0 Å². The molecule has 0 atom stereocenters. The summed E-state index contributed by atoms with van der Waals surface area (Å²) in [6, 6.07) is 14.3. The van der Waals surface area contributed by atoms with Gasteiger partial charge in [-0.1, -0.05) is 54.6 Å². The maximum Gasteiger partial charge on any atom is 0.303 e. The molecule has 1 N–H and O–H groups in total. The molecular formula is C19H20O2. The Kier molecular flexibility index (Phi) is 4.94. The number of benzene rings is 2. The van der Waals surface area contributed by atoms with E-state index in [0.717, 1.165) is 11.1 Å². The highest BCUT2D eigenvalue weighted by molar-refractivity contribution is 5.73. The second-order valence-corrected chi connectivity index (χ2v) is 5.28. The van der Waals surface area contributed by atoms with Crippen LogP contribution in [0.3, 0.4) is 0 Å². The van der Waals surface area contributed by atoms with Crippen LogP contribution in [0.4, 0.5) is 0 Å². The highest BCUT2D eigenvalue weighted by Gasteiger charge is 2.00. The molecule has 0 amide bonds. The first-order valence-electron chi connectivity index (χ1n) is 7.11. The van der Waals surface area contributed by atoms with Gasteiger partial charge in [-0.25, -0.2) is 0 Å². The Balaban J connectivity index is 2.17. The van der Waals surface area contributed by atoms with Gasteiger partial charge in [0.15, 0.2) is 0 Å². The number of rotatable bonds is 5. The van der Waals surface area contributed by atoms with E-state index in [1.165, 1.54) is 16.7 Å². The van der Waals surface area contributed by atoms with Crippen LogP contribution >= 0.6 is 0 Å². The van der Waals surface area contributed by atoms with Gasteiger partial charge < -0.3 is 5.11 Å². The van der Waals surface area contributed by atoms with Crippen molar-refractivity contribution in [2.75, 3.05) is 0 Å². The van der Waals surface area contributed by atoms with E-state index < -0.39 is 5.97 Å². The van der Waals surface area contributed by atoms with Crippen LogP contribution in [-0.2, 0) is 11.2 Å². The summed E-state index contributed by atoms with van der Waals surface area (Å²) in [7, 11) is 0. The first kappa shape index (κ1) is 15.0. The predicted molar refractivity (Wildman–Crippen MR) is 87.2 cm³/mol. The van der Waals surface area contributed by atoms with Crippen LogP contribution < -0.4 is 0 Å². The molecule has 21 heavy (non-hydrogen) atoms. The van der Waals surface area contributed by atoms with Gasteiger partial charge >= 0.3 is 5.97 Å². The minimum atomic E-state index is -0.758. The summed E-state index contributed by atoms with van der Waals surface area (Å²) in [6.45, 7) is 4.21. The largest absolute Gasteiger partial charge is 0.481 e. The molecular weight excluding hydrogens is 260 g/mol. The minimum Gasteiger partial charge on any atom is -0.481 e. The van der Waals surface area contributed by atoms with Crippen LogP contribution in [0.1, 0.15) is 34.2 Å². The third kappa shape index (κ3) is 4.32. The van der Waals surface area contributed by atoms with Crippen molar-refractivity contribution in [1.29, 1.82) is 0 Å². The third-order valence-electron chi connectivity index (χ3n) is 3.56. The van der Waals surface area contributed by atoms with Crippen molar-refractivity contribution in [2.45, 2.75) is 26.7 Å². The molecule has 0 aliphatic heterocycles. The summed E-state index contributed by atoms with van der Waals surface area (Å²) in [6.07, 6.45) is 4.95. The lowest BCUT2D eigenvalue weighted by Gasteiger charge is -2.05. The summed E-state index contributed by atoms with van der Waals surface area (Å²) in [5.41, 5.74) is 5.91. The zero-order chi connectivity index (χ0) is 15.2. The fourth-order valence-corrected chi connectivity index (χ4v) is 2.37. The quantitative estimate of drug-likeness (QED) is 0.819. The SMILES string of the molecule is Cc1cccc(C)c1/C=C/c1cccc(CCC(=O)O)c1. The van der Waals surface area contributed by atoms with Gasteiger partial charge in [0.25, 0.3) is 0 Å². The normalized spacial score (nSPS) is 11.0. The molecule has 2 aromatic carbocycles. The first-order valence-corrected chi connectivity index (χ1v) is 7.11. The number of hydrogen-bond acceptors (Lipinski definition) is 1. The molecule has 0 aliphatic carbocycles. The Morgan fingerprint density at radius 3 is 2.38 bits per heavy atom. The number of hydrogen-bond donors (Lipinski definition) is 1. The zero-order valence-corrected chi connectivity index (χ0v) is 12.5. The van der Waals surface area contributed by atoms with Gasteiger partial charge in [0, 0.05) is 6.42 Å². The topological polar surface area (TPSA) is 37.3 Å². The lowest BCUT2D eigenvalue weighted by atomic mass is 10.0. The van der Waals surface area contributed by atoms with Gasteiger partial charge in [0.1, 0.15) is 0 Å². The van der Waals surface area contributed by atoms with E-state index in [-0.39, 0.29) is 6.42 Å². The van der Waals surface area contributed by atoms with Crippen LogP contribution in [0.5, 0.6) is 0 Å². The standard InChI is InChI=1S/C19H20O2/c1-14-5-3-6-15(2)18(14)11-9-16-7-4-8-17(13-16)10-12-19(20)21/h3-9,11,13H,10,12H2,1-2H3,(H,20,21)/b11-9+. The lowest BCUT2D eigenvalue weighted by molar-refractivity contribution is -0.136. The van der Waals surface area contributed by atoms with Crippen LogP contribution in [0, 0.1) is 13.8 Å². The van der Waals surface area contributed by atoms with Crippen molar-refractivity contribution >= 4 is 18.1 Å². The molecule has 0 heterocycles. The molecule has 0 fully saturated rings. The van der Waals surface area contributed by atoms with Gasteiger partial charge in [0.05, 0.1) is 0 Å². The second-order valence-electron chi connectivity index (χ2n) is 5.28. The fourth-order valence-electron chi connectivity index (χ4n) is 2.37. The minimum absolute atomic E-state index is 0.171. The average Bonchev–Trinajstić information content (AvgIpc) is 2.45. The summed E-state index contributed by atoms with van der Waals surface area (Å²) < 4.78 is 0. The second kappa shape index (κ2) is 6.89. The Bertz CT molecular complexity index is 649. The van der Waals surface area contributed by atoms with E-state index in [2.05, 4.69) is 44.2 Å². The van der Waals surface area contributed by atoms with Crippen LogP contribution in [0.25, 0.3) is 12.2 Å². The molecule has 0 aromatic heterocycles. The van der Waals surface area contributed by atoms with Gasteiger partial charge in [-0.15, -0.1) is 0 Å². The molecule has 0 radical (unpaired) electrons. The molecule has 2 nitrogen and oxygen atoms in total. The Hall–Kier alpha value is -2.35. The number of carboxylic acids is 1. The first-order chi connectivity index (χ1) is 10.1. The van der Waals surface area contributed by atoms with E-state index in [9.17, 15) is 4.79 Å². The van der Waals surface area contributed by atoms with Crippen molar-refractivity contribution in [3.05, 3.63) is 70.3 Å². The van der Waals surface area contributed by atoms with Crippen molar-refractivity contribution in [3.8, 4) is 0 Å². The molecule has 0 saturated carbocycles. The molecule has 0 bridgehead atoms. The van der Waals surface area contributed by atoms with Crippen LogP contribution in [0.15, 0.2) is 42.5 Å². The maximum atomic E-state index is 10.6. The number of carbonyl (C=O) groups is 1. The number of aliphatic carboxylic acids is 1. The Labute approximate surface area is 125 Å². The number of aryl methyl sites for hydroxylation is 3. The molecule has 0 aliphatic rings. The van der Waals surface area contributed by atoms with E-state index in [1.54, 1.807) is 0 Å². The Morgan fingerprint density at radius 1 is 1.05 bits per heavy atom. The molecule has 108 valence electrons. The van der Waals surface area contributed by atoms with E-state index in [1.807, 2.05) is 24.3 Å². The highest BCUT2D eigenvalue weighted by atomic mass is 16.4. The van der Waals surface area contributed by atoms with Gasteiger partial charge in [-0.3, -0.25) is 4.79 Å². The monoisotopic (exact) mass is 280 g/mol. The molecule has 2 aromatic rings. The third-order valence-corrected chi connectivity index (χ3v) is 3.56. The molecule has 2 heteroatoms. The summed E-state index contributed by atoms with van der Waals surface area (Å²) in [5, 5.41) is 8.74. The molecule has 0 spiro atoms. The van der Waals surface area contributed by atoms with Crippen molar-refractivity contribution in [1.82, 2.24) is 0 Å². The van der Waals surface area contributed by atoms with Gasteiger partial charge in [-0.05, 0) is 48.1 Å². The average molecular weight is 280 g/mol.